The number of hydrogen-bond acceptors (Lipinski definition) is 3. The van der Waals surface area contributed by atoms with Gasteiger partial charge in [0.2, 0.25) is 6.08 Å². The maximum absolute atomic E-state index is 9.81. The minimum Gasteiger partial charge on any atom is -0.211 e. The molecule has 0 aromatic rings. The predicted molar refractivity (Wildman–Crippen MR) is 43.1 cm³/mol. The molecule has 0 aliphatic heterocycles. The van der Waals surface area contributed by atoms with Gasteiger partial charge in [0.25, 0.3) is 0 Å². The van der Waals surface area contributed by atoms with Gasteiger partial charge in [-0.3, -0.25) is 0 Å². The van der Waals surface area contributed by atoms with E-state index < -0.39 is 0 Å². The molecular formula is C7H11NOS. The summed E-state index contributed by atoms with van der Waals surface area (Å²) in [6.45, 7) is 0.664. The lowest BCUT2D eigenvalue weighted by Crippen LogP contribution is -2.36. The number of isocyanates is 1. The van der Waals surface area contributed by atoms with Gasteiger partial charge in [0, 0.05) is 4.75 Å². The minimum atomic E-state index is 0.303. The number of carbonyl (C=O) groups excluding carboxylic acids is 1. The van der Waals surface area contributed by atoms with E-state index in [4.69, 9.17) is 0 Å². The highest BCUT2D eigenvalue weighted by Crippen LogP contribution is 2.42. The second-order valence-corrected chi connectivity index (χ2v) is 3.92. The van der Waals surface area contributed by atoms with Gasteiger partial charge in [-0.2, -0.15) is 11.8 Å². The molecular weight excluding hydrogens is 146 g/mol. The van der Waals surface area contributed by atoms with Crippen LogP contribution >= 0.6 is 11.8 Å². The Labute approximate surface area is 65.1 Å². The predicted octanol–water partition coefficient (Wildman–Crippen LogP) is 1.61. The Kier molecular flexibility index (Phi) is 2.52. The molecule has 1 rings (SSSR count). The summed E-state index contributed by atoms with van der Waals surface area (Å²) in [5.74, 6) is 0. The summed E-state index contributed by atoms with van der Waals surface area (Å²) < 4.78 is 0.303. The topological polar surface area (TPSA) is 29.4 Å². The van der Waals surface area contributed by atoms with Crippen molar-refractivity contribution in [3.05, 3.63) is 0 Å². The minimum absolute atomic E-state index is 0.303. The van der Waals surface area contributed by atoms with Gasteiger partial charge >= 0.3 is 0 Å². The van der Waals surface area contributed by atoms with E-state index in [0.29, 0.717) is 11.3 Å². The van der Waals surface area contributed by atoms with Crippen LogP contribution in [0.2, 0.25) is 0 Å². The van der Waals surface area contributed by atoms with Crippen LogP contribution in [0.5, 0.6) is 0 Å². The largest absolute Gasteiger partial charge is 0.234 e. The van der Waals surface area contributed by atoms with Gasteiger partial charge in [-0.05, 0) is 19.1 Å². The highest BCUT2D eigenvalue weighted by atomic mass is 32.2. The molecule has 0 N–H and O–H groups in total. The SMILES string of the molecule is CSC1(CN=C=O)CCC1. The van der Waals surface area contributed by atoms with E-state index >= 15 is 0 Å². The molecule has 2 nitrogen and oxygen atoms in total. The number of rotatable bonds is 3. The lowest BCUT2D eigenvalue weighted by atomic mass is 9.84. The van der Waals surface area contributed by atoms with Gasteiger partial charge in [-0.15, -0.1) is 0 Å². The normalized spacial score (nSPS) is 20.9. The average molecular weight is 157 g/mol. The summed E-state index contributed by atoms with van der Waals surface area (Å²) in [6, 6.07) is 0. The second kappa shape index (κ2) is 3.22. The van der Waals surface area contributed by atoms with Crippen molar-refractivity contribution in [2.75, 3.05) is 12.8 Å². The first kappa shape index (κ1) is 7.83. The van der Waals surface area contributed by atoms with Crippen molar-refractivity contribution < 1.29 is 4.79 Å². The third-order valence-electron chi connectivity index (χ3n) is 2.13. The molecule has 0 radical (unpaired) electrons. The highest BCUT2D eigenvalue weighted by molar-refractivity contribution is 8.00. The molecule has 0 aromatic heterocycles. The highest BCUT2D eigenvalue weighted by Gasteiger charge is 2.35. The van der Waals surface area contributed by atoms with Gasteiger partial charge in [-0.25, -0.2) is 9.79 Å². The lowest BCUT2D eigenvalue weighted by Gasteiger charge is -2.38. The van der Waals surface area contributed by atoms with Gasteiger partial charge < -0.3 is 0 Å². The van der Waals surface area contributed by atoms with Crippen molar-refractivity contribution in [1.82, 2.24) is 0 Å². The maximum atomic E-state index is 9.81. The molecule has 0 spiro atoms. The summed E-state index contributed by atoms with van der Waals surface area (Å²) >= 11 is 1.83. The van der Waals surface area contributed by atoms with Gasteiger partial charge in [-0.1, -0.05) is 6.42 Å². The first-order chi connectivity index (χ1) is 4.83. The monoisotopic (exact) mass is 157 g/mol. The summed E-state index contributed by atoms with van der Waals surface area (Å²) in [5.41, 5.74) is 0. The number of aliphatic imine (C=N–C) groups is 1. The molecule has 1 aliphatic carbocycles. The molecule has 0 saturated heterocycles. The van der Waals surface area contributed by atoms with E-state index in [1.54, 1.807) is 6.08 Å². The van der Waals surface area contributed by atoms with Crippen LogP contribution in [0.25, 0.3) is 0 Å². The van der Waals surface area contributed by atoms with Crippen LogP contribution in [0.15, 0.2) is 4.99 Å². The van der Waals surface area contributed by atoms with Crippen LogP contribution in [0, 0.1) is 0 Å². The van der Waals surface area contributed by atoms with E-state index in [9.17, 15) is 4.79 Å². The third-order valence-corrected chi connectivity index (χ3v) is 3.53. The summed E-state index contributed by atoms with van der Waals surface area (Å²) in [7, 11) is 0. The summed E-state index contributed by atoms with van der Waals surface area (Å²) in [5, 5.41) is 0. The van der Waals surface area contributed by atoms with E-state index in [0.717, 1.165) is 0 Å². The van der Waals surface area contributed by atoms with Crippen LogP contribution in [-0.2, 0) is 4.79 Å². The summed E-state index contributed by atoms with van der Waals surface area (Å²) in [4.78, 5) is 13.4. The summed E-state index contributed by atoms with van der Waals surface area (Å²) in [6.07, 6.45) is 7.37. The van der Waals surface area contributed by atoms with E-state index in [1.165, 1.54) is 19.3 Å². The molecule has 10 heavy (non-hydrogen) atoms. The fourth-order valence-corrected chi connectivity index (χ4v) is 2.06. The molecule has 56 valence electrons. The Bertz CT molecular complexity index is 153. The van der Waals surface area contributed by atoms with Crippen molar-refractivity contribution in [2.45, 2.75) is 24.0 Å². The Morgan fingerprint density at radius 2 is 2.40 bits per heavy atom. The van der Waals surface area contributed by atoms with Crippen molar-refractivity contribution in [2.24, 2.45) is 4.99 Å². The average Bonchev–Trinajstić information content (AvgIpc) is 1.87. The number of thioether (sulfide) groups is 1. The van der Waals surface area contributed by atoms with Crippen LogP contribution in [0.4, 0.5) is 0 Å². The van der Waals surface area contributed by atoms with Crippen LogP contribution in [0.3, 0.4) is 0 Å². The van der Waals surface area contributed by atoms with Gasteiger partial charge in [0.1, 0.15) is 0 Å². The van der Waals surface area contributed by atoms with E-state index in [2.05, 4.69) is 11.2 Å². The molecule has 0 atom stereocenters. The standard InChI is InChI=1S/C7H11NOS/c1-10-7(3-2-4-7)5-8-6-9/h2-5H2,1H3. The second-order valence-electron chi connectivity index (χ2n) is 2.65. The van der Waals surface area contributed by atoms with Crippen LogP contribution < -0.4 is 0 Å². The Morgan fingerprint density at radius 1 is 1.70 bits per heavy atom. The first-order valence-corrected chi connectivity index (χ1v) is 4.64. The zero-order chi connectivity index (χ0) is 7.45. The number of hydrogen-bond donors (Lipinski definition) is 0. The zero-order valence-electron chi connectivity index (χ0n) is 6.09. The molecule has 0 bridgehead atoms. The lowest BCUT2D eigenvalue weighted by molar-refractivity contribution is 0.372. The first-order valence-electron chi connectivity index (χ1n) is 3.42. The van der Waals surface area contributed by atoms with Crippen molar-refractivity contribution in [1.29, 1.82) is 0 Å². The Hall–Kier alpha value is -0.270. The number of nitrogens with zero attached hydrogens (tertiary/aromatic N) is 1. The Balaban J connectivity index is 2.40. The fraction of sp³-hybridized carbons (Fsp3) is 0.857. The third kappa shape index (κ3) is 1.41. The van der Waals surface area contributed by atoms with Crippen LogP contribution in [-0.4, -0.2) is 23.6 Å². The smallest absolute Gasteiger partial charge is 0.211 e. The zero-order valence-corrected chi connectivity index (χ0v) is 6.91. The molecule has 0 unspecified atom stereocenters. The van der Waals surface area contributed by atoms with E-state index in [1.807, 2.05) is 11.8 Å². The van der Waals surface area contributed by atoms with Gasteiger partial charge in [0.15, 0.2) is 0 Å². The molecule has 0 amide bonds. The van der Waals surface area contributed by atoms with Crippen LogP contribution in [0.1, 0.15) is 19.3 Å². The molecule has 0 aromatic carbocycles. The molecule has 0 heterocycles. The van der Waals surface area contributed by atoms with Gasteiger partial charge in [0.05, 0.1) is 6.54 Å². The quantitative estimate of drug-likeness (QED) is 0.460. The Morgan fingerprint density at radius 3 is 2.70 bits per heavy atom. The molecule has 1 fully saturated rings. The molecule has 1 aliphatic rings. The maximum Gasteiger partial charge on any atom is 0.234 e. The van der Waals surface area contributed by atoms with E-state index in [-0.39, 0.29) is 0 Å². The molecule has 3 heteroatoms. The van der Waals surface area contributed by atoms with Crippen molar-refractivity contribution in [3.8, 4) is 0 Å². The van der Waals surface area contributed by atoms with Crippen molar-refractivity contribution in [3.63, 3.8) is 0 Å². The molecule has 1 saturated carbocycles. The van der Waals surface area contributed by atoms with Crippen molar-refractivity contribution >= 4 is 17.8 Å². The fourth-order valence-electron chi connectivity index (χ4n) is 1.17.